The Morgan fingerprint density at radius 1 is 1.17 bits per heavy atom. The van der Waals surface area contributed by atoms with Gasteiger partial charge in [0.05, 0.1) is 0 Å². The van der Waals surface area contributed by atoms with Crippen molar-refractivity contribution in [2.75, 3.05) is 13.6 Å². The van der Waals surface area contributed by atoms with E-state index in [1.807, 2.05) is 13.8 Å². The molecule has 2 nitrogen and oxygen atoms in total. The highest BCUT2D eigenvalue weighted by molar-refractivity contribution is 4.83. The summed E-state index contributed by atoms with van der Waals surface area (Å²) in [6.07, 6.45) is 4.00. The molecule has 1 aliphatic rings. The van der Waals surface area contributed by atoms with Gasteiger partial charge in [0.2, 0.25) is 0 Å². The molecule has 1 aliphatic carbocycles. The molecule has 2 atom stereocenters. The maximum absolute atomic E-state index is 3.47. The van der Waals surface area contributed by atoms with Crippen LogP contribution >= 0.6 is 0 Å². The van der Waals surface area contributed by atoms with Gasteiger partial charge in [0.25, 0.3) is 0 Å². The molecule has 0 aromatic carbocycles. The minimum absolute atomic E-state index is 0.768. The summed E-state index contributed by atoms with van der Waals surface area (Å²) in [5.41, 5.74) is 0. The fourth-order valence-electron chi connectivity index (χ4n) is 1.72. The summed E-state index contributed by atoms with van der Waals surface area (Å²) in [5.74, 6) is 0. The molecule has 2 heteroatoms. The molecule has 0 aliphatic heterocycles. The average molecular weight is 172 g/mol. The van der Waals surface area contributed by atoms with Crippen LogP contribution in [0.25, 0.3) is 0 Å². The first-order valence-electron chi connectivity index (χ1n) is 5.27. The molecule has 2 N–H and O–H groups in total. The summed E-state index contributed by atoms with van der Waals surface area (Å²) in [5, 5.41) is 6.78. The largest absolute Gasteiger partial charge is 0.317 e. The maximum Gasteiger partial charge on any atom is 0.00823 e. The molecule has 0 bridgehead atoms. The van der Waals surface area contributed by atoms with Crippen LogP contribution in [0.15, 0.2) is 0 Å². The average Bonchev–Trinajstić information content (AvgIpc) is 2.57. The summed E-state index contributed by atoms with van der Waals surface area (Å²) in [6, 6.07) is 1.55. The first kappa shape index (κ1) is 11.9. The predicted molar refractivity (Wildman–Crippen MR) is 55.5 cm³/mol. The lowest BCUT2D eigenvalue weighted by Gasteiger charge is -2.10. The number of hydrogen-bond donors (Lipinski definition) is 2. The van der Waals surface area contributed by atoms with E-state index in [1.165, 1.54) is 19.3 Å². The summed E-state index contributed by atoms with van der Waals surface area (Å²) < 4.78 is 0. The Kier molecular flexibility index (Phi) is 7.51. The molecule has 1 rings (SSSR count). The zero-order chi connectivity index (χ0) is 9.40. The Labute approximate surface area is 77.1 Å². The summed E-state index contributed by atoms with van der Waals surface area (Å²) in [4.78, 5) is 0. The Morgan fingerprint density at radius 3 is 2.17 bits per heavy atom. The second-order valence-electron chi connectivity index (χ2n) is 3.05. The Morgan fingerprint density at radius 2 is 1.75 bits per heavy atom. The van der Waals surface area contributed by atoms with Crippen molar-refractivity contribution in [3.8, 4) is 0 Å². The van der Waals surface area contributed by atoms with Crippen molar-refractivity contribution in [3.05, 3.63) is 0 Å². The van der Waals surface area contributed by atoms with E-state index in [2.05, 4.69) is 24.6 Å². The van der Waals surface area contributed by atoms with Crippen LogP contribution in [0.5, 0.6) is 0 Å². The molecule has 0 saturated heterocycles. The molecule has 1 fully saturated rings. The van der Waals surface area contributed by atoms with Crippen molar-refractivity contribution in [2.45, 2.75) is 52.1 Å². The zero-order valence-electron chi connectivity index (χ0n) is 8.98. The molecule has 1 saturated carbocycles. The lowest BCUT2D eigenvalue weighted by Crippen LogP contribution is -2.29. The topological polar surface area (TPSA) is 24.1 Å². The second kappa shape index (κ2) is 7.56. The van der Waals surface area contributed by atoms with Gasteiger partial charge in [-0.25, -0.2) is 0 Å². The molecule has 12 heavy (non-hydrogen) atoms. The molecule has 0 amide bonds. The van der Waals surface area contributed by atoms with Gasteiger partial charge in [0, 0.05) is 12.1 Å². The second-order valence-corrected chi connectivity index (χ2v) is 3.05. The fourth-order valence-corrected chi connectivity index (χ4v) is 1.72. The van der Waals surface area contributed by atoms with Gasteiger partial charge in [-0.2, -0.15) is 0 Å². The van der Waals surface area contributed by atoms with E-state index in [0.717, 1.165) is 18.6 Å². The minimum atomic E-state index is 0.768. The van der Waals surface area contributed by atoms with Crippen LogP contribution < -0.4 is 10.6 Å². The van der Waals surface area contributed by atoms with E-state index in [-0.39, 0.29) is 0 Å². The number of nitrogens with one attached hydrogen (secondary N) is 2. The molecular weight excluding hydrogens is 148 g/mol. The van der Waals surface area contributed by atoms with Crippen molar-refractivity contribution >= 4 is 0 Å². The van der Waals surface area contributed by atoms with Gasteiger partial charge in [0.1, 0.15) is 0 Å². The quantitative estimate of drug-likeness (QED) is 0.678. The summed E-state index contributed by atoms with van der Waals surface area (Å²) >= 11 is 0. The summed E-state index contributed by atoms with van der Waals surface area (Å²) in [7, 11) is 2.05. The summed E-state index contributed by atoms with van der Waals surface area (Å²) in [6.45, 7) is 7.29. The number of hydrogen-bond acceptors (Lipinski definition) is 2. The fraction of sp³-hybridized carbons (Fsp3) is 1.00. The van der Waals surface area contributed by atoms with Gasteiger partial charge in [-0.05, 0) is 32.9 Å². The van der Waals surface area contributed by atoms with Crippen molar-refractivity contribution in [2.24, 2.45) is 0 Å². The van der Waals surface area contributed by atoms with Gasteiger partial charge >= 0.3 is 0 Å². The molecule has 0 spiro atoms. The Balaban J connectivity index is 0.000000561. The monoisotopic (exact) mass is 172 g/mol. The zero-order valence-corrected chi connectivity index (χ0v) is 8.98. The van der Waals surface area contributed by atoms with Gasteiger partial charge in [-0.1, -0.05) is 20.8 Å². The SMILES string of the molecule is CC.CCN[C@H]1CCC(NC)C1. The third-order valence-corrected chi connectivity index (χ3v) is 2.33. The third kappa shape index (κ3) is 4.07. The Hall–Kier alpha value is -0.0800. The van der Waals surface area contributed by atoms with Crippen molar-refractivity contribution in [1.29, 1.82) is 0 Å². The highest BCUT2D eigenvalue weighted by Gasteiger charge is 2.21. The normalized spacial score (nSPS) is 28.0. The predicted octanol–water partition coefficient (Wildman–Crippen LogP) is 1.76. The van der Waals surface area contributed by atoms with Crippen LogP contribution in [0.2, 0.25) is 0 Å². The van der Waals surface area contributed by atoms with E-state index >= 15 is 0 Å². The van der Waals surface area contributed by atoms with Crippen LogP contribution in [-0.2, 0) is 0 Å². The van der Waals surface area contributed by atoms with E-state index in [4.69, 9.17) is 0 Å². The molecule has 74 valence electrons. The van der Waals surface area contributed by atoms with Gasteiger partial charge in [0.15, 0.2) is 0 Å². The van der Waals surface area contributed by atoms with Crippen LogP contribution in [-0.4, -0.2) is 25.7 Å². The lowest BCUT2D eigenvalue weighted by atomic mass is 10.2. The molecular formula is C10H24N2. The van der Waals surface area contributed by atoms with E-state index < -0.39 is 0 Å². The lowest BCUT2D eigenvalue weighted by molar-refractivity contribution is 0.513. The van der Waals surface area contributed by atoms with E-state index in [9.17, 15) is 0 Å². The number of rotatable bonds is 3. The van der Waals surface area contributed by atoms with Crippen LogP contribution in [0.1, 0.15) is 40.0 Å². The van der Waals surface area contributed by atoms with Crippen molar-refractivity contribution < 1.29 is 0 Å². The van der Waals surface area contributed by atoms with Crippen molar-refractivity contribution in [3.63, 3.8) is 0 Å². The maximum atomic E-state index is 3.47. The van der Waals surface area contributed by atoms with E-state index in [1.54, 1.807) is 0 Å². The van der Waals surface area contributed by atoms with Crippen molar-refractivity contribution in [1.82, 2.24) is 10.6 Å². The highest BCUT2D eigenvalue weighted by Crippen LogP contribution is 2.18. The highest BCUT2D eigenvalue weighted by atomic mass is 15.0. The minimum Gasteiger partial charge on any atom is -0.317 e. The van der Waals surface area contributed by atoms with Gasteiger partial charge < -0.3 is 10.6 Å². The third-order valence-electron chi connectivity index (χ3n) is 2.33. The first-order valence-corrected chi connectivity index (χ1v) is 5.27. The Bertz CT molecular complexity index is 93.8. The van der Waals surface area contributed by atoms with Crippen LogP contribution in [0.3, 0.4) is 0 Å². The smallest absolute Gasteiger partial charge is 0.00823 e. The molecule has 0 aromatic heterocycles. The standard InChI is InChI=1S/C8H18N2.C2H6/c1-3-10-8-5-4-7(6-8)9-2;1-2/h7-10H,3-6H2,1-2H3;1-2H3/t7?,8-;/m0./s1. The first-order chi connectivity index (χ1) is 5.86. The molecule has 0 heterocycles. The molecule has 0 aromatic rings. The van der Waals surface area contributed by atoms with Gasteiger partial charge in [-0.3, -0.25) is 0 Å². The molecule has 0 radical (unpaired) electrons. The van der Waals surface area contributed by atoms with Crippen LogP contribution in [0.4, 0.5) is 0 Å². The van der Waals surface area contributed by atoms with Crippen LogP contribution in [0, 0.1) is 0 Å². The molecule has 1 unspecified atom stereocenters. The van der Waals surface area contributed by atoms with E-state index in [0.29, 0.717) is 0 Å². The van der Waals surface area contributed by atoms with Gasteiger partial charge in [-0.15, -0.1) is 0 Å².